The lowest BCUT2D eigenvalue weighted by Crippen LogP contribution is -2.57. The number of ether oxygens (including phenoxy) is 4. The number of aliphatic hydroxyl groups excluding tert-OH is 1. The molecule has 7 nitrogen and oxygen atoms in total. The van der Waals surface area contributed by atoms with Crippen molar-refractivity contribution in [1.29, 1.82) is 0 Å². The van der Waals surface area contributed by atoms with E-state index in [2.05, 4.69) is 0 Å². The van der Waals surface area contributed by atoms with E-state index in [-0.39, 0.29) is 12.5 Å². The maximum absolute atomic E-state index is 11.2. The molecule has 0 saturated carbocycles. The number of rotatable bonds is 4. The van der Waals surface area contributed by atoms with E-state index in [0.717, 1.165) is 0 Å². The molecule has 7 heteroatoms. The third kappa shape index (κ3) is 3.89. The van der Waals surface area contributed by atoms with Crippen LogP contribution in [0.25, 0.3) is 0 Å². The Morgan fingerprint density at radius 2 is 1.68 bits per heavy atom. The zero-order valence-electron chi connectivity index (χ0n) is 11.5. The van der Waals surface area contributed by atoms with Gasteiger partial charge in [0.1, 0.15) is 6.10 Å². The number of aliphatic hydroxyl groups is 1. The molecule has 0 aromatic heterocycles. The SMILES string of the molecule is CO[C@@H]1OC(CO)[C@@H](C)[C@@H](OC(C)=O)C1OC(C)=O. The fraction of sp³-hybridized carbons (Fsp3) is 0.833. The first-order valence-corrected chi connectivity index (χ1v) is 6.04. The van der Waals surface area contributed by atoms with Crippen LogP contribution < -0.4 is 0 Å². The van der Waals surface area contributed by atoms with Gasteiger partial charge >= 0.3 is 11.9 Å². The van der Waals surface area contributed by atoms with E-state index in [1.807, 2.05) is 0 Å². The molecule has 1 aliphatic heterocycles. The van der Waals surface area contributed by atoms with Crippen molar-refractivity contribution in [3.63, 3.8) is 0 Å². The van der Waals surface area contributed by atoms with Gasteiger partial charge in [-0.25, -0.2) is 0 Å². The van der Waals surface area contributed by atoms with Gasteiger partial charge in [0.2, 0.25) is 0 Å². The minimum absolute atomic E-state index is 0.244. The van der Waals surface area contributed by atoms with Crippen LogP contribution in [0.4, 0.5) is 0 Å². The molecule has 1 heterocycles. The van der Waals surface area contributed by atoms with Gasteiger partial charge in [-0.05, 0) is 0 Å². The summed E-state index contributed by atoms with van der Waals surface area (Å²) in [7, 11) is 1.39. The van der Waals surface area contributed by atoms with Crippen molar-refractivity contribution in [2.75, 3.05) is 13.7 Å². The molecule has 1 N–H and O–H groups in total. The number of hydrogen-bond acceptors (Lipinski definition) is 7. The van der Waals surface area contributed by atoms with E-state index < -0.39 is 36.5 Å². The molecule has 0 amide bonds. The summed E-state index contributed by atoms with van der Waals surface area (Å²) in [5, 5.41) is 9.27. The summed E-state index contributed by atoms with van der Waals surface area (Å²) < 4.78 is 20.9. The van der Waals surface area contributed by atoms with Crippen molar-refractivity contribution in [3.8, 4) is 0 Å². The third-order valence-electron chi connectivity index (χ3n) is 3.02. The number of esters is 2. The molecule has 0 aliphatic carbocycles. The molecule has 0 spiro atoms. The van der Waals surface area contributed by atoms with Gasteiger partial charge in [-0.1, -0.05) is 6.92 Å². The van der Waals surface area contributed by atoms with Crippen molar-refractivity contribution < 1.29 is 33.6 Å². The van der Waals surface area contributed by atoms with Crippen LogP contribution in [-0.2, 0) is 28.5 Å². The highest BCUT2D eigenvalue weighted by Crippen LogP contribution is 2.30. The molecule has 110 valence electrons. The molecule has 5 atom stereocenters. The summed E-state index contributed by atoms with van der Waals surface area (Å²) >= 11 is 0. The van der Waals surface area contributed by atoms with Crippen LogP contribution in [0.15, 0.2) is 0 Å². The monoisotopic (exact) mass is 276 g/mol. The van der Waals surface area contributed by atoms with Gasteiger partial charge in [-0.3, -0.25) is 9.59 Å². The molecule has 2 unspecified atom stereocenters. The zero-order valence-corrected chi connectivity index (χ0v) is 11.5. The second-order valence-corrected chi connectivity index (χ2v) is 4.47. The Bertz CT molecular complexity index is 330. The first-order valence-electron chi connectivity index (χ1n) is 6.04. The summed E-state index contributed by atoms with van der Waals surface area (Å²) in [5.41, 5.74) is 0. The molecule has 1 fully saturated rings. The Morgan fingerprint density at radius 3 is 2.11 bits per heavy atom. The van der Waals surface area contributed by atoms with Crippen LogP contribution in [0, 0.1) is 5.92 Å². The van der Waals surface area contributed by atoms with Gasteiger partial charge in [0.15, 0.2) is 12.4 Å². The standard InChI is InChI=1S/C12H20O7/c1-6-9(5-13)19-12(16-4)11(18-8(3)15)10(6)17-7(2)14/h6,9-13H,5H2,1-4H3/t6-,9?,10-,11?,12-/m1/s1. The van der Waals surface area contributed by atoms with Crippen LogP contribution >= 0.6 is 0 Å². The normalized spacial score (nSPS) is 34.7. The lowest BCUT2D eigenvalue weighted by Gasteiger charge is -2.43. The maximum atomic E-state index is 11.2. The predicted molar refractivity (Wildman–Crippen MR) is 63.0 cm³/mol. The molecule has 1 saturated heterocycles. The Balaban J connectivity index is 2.96. The molecule has 1 aliphatic rings. The fourth-order valence-corrected chi connectivity index (χ4v) is 2.12. The Kier molecular flexibility index (Phi) is 5.71. The van der Waals surface area contributed by atoms with Gasteiger partial charge in [-0.15, -0.1) is 0 Å². The average molecular weight is 276 g/mol. The minimum atomic E-state index is -0.887. The first-order chi connectivity index (χ1) is 8.90. The van der Waals surface area contributed by atoms with Crippen LogP contribution in [0.5, 0.6) is 0 Å². The summed E-state index contributed by atoms with van der Waals surface area (Å²) in [6.07, 6.45) is -3.02. The minimum Gasteiger partial charge on any atom is -0.458 e. The lowest BCUT2D eigenvalue weighted by atomic mass is 9.90. The van der Waals surface area contributed by atoms with Gasteiger partial charge in [-0.2, -0.15) is 0 Å². The largest absolute Gasteiger partial charge is 0.458 e. The molecule has 19 heavy (non-hydrogen) atoms. The molecular formula is C12H20O7. The third-order valence-corrected chi connectivity index (χ3v) is 3.02. The highest BCUT2D eigenvalue weighted by atomic mass is 16.7. The molecule has 1 rings (SSSR count). The molecular weight excluding hydrogens is 256 g/mol. The summed E-state index contributed by atoms with van der Waals surface area (Å²) in [4.78, 5) is 22.3. The predicted octanol–water partition coefficient (Wildman–Crippen LogP) is -0.151. The van der Waals surface area contributed by atoms with Gasteiger partial charge < -0.3 is 24.1 Å². The van der Waals surface area contributed by atoms with Gasteiger partial charge in [0.25, 0.3) is 0 Å². The second kappa shape index (κ2) is 6.83. The van der Waals surface area contributed by atoms with Crippen LogP contribution in [0.1, 0.15) is 20.8 Å². The van der Waals surface area contributed by atoms with E-state index in [9.17, 15) is 14.7 Å². The van der Waals surface area contributed by atoms with Gasteiger partial charge in [0, 0.05) is 26.9 Å². The Morgan fingerprint density at radius 1 is 1.16 bits per heavy atom. The number of carbonyl (C=O) groups is 2. The quantitative estimate of drug-likeness (QED) is 0.714. The van der Waals surface area contributed by atoms with Crippen molar-refractivity contribution in [2.24, 2.45) is 5.92 Å². The van der Waals surface area contributed by atoms with Crippen LogP contribution in [0.3, 0.4) is 0 Å². The van der Waals surface area contributed by atoms with Crippen LogP contribution in [0.2, 0.25) is 0 Å². The highest BCUT2D eigenvalue weighted by Gasteiger charge is 2.47. The van der Waals surface area contributed by atoms with E-state index in [0.29, 0.717) is 0 Å². The number of methoxy groups -OCH3 is 1. The molecule has 0 aromatic carbocycles. The second-order valence-electron chi connectivity index (χ2n) is 4.47. The summed E-state index contributed by atoms with van der Waals surface area (Å²) in [6, 6.07) is 0. The molecule has 0 aromatic rings. The van der Waals surface area contributed by atoms with E-state index >= 15 is 0 Å². The zero-order chi connectivity index (χ0) is 14.6. The summed E-state index contributed by atoms with van der Waals surface area (Å²) in [5.74, 6) is -1.35. The first kappa shape index (κ1) is 15.9. The van der Waals surface area contributed by atoms with E-state index in [1.54, 1.807) is 6.92 Å². The average Bonchev–Trinajstić information content (AvgIpc) is 2.33. The molecule has 0 radical (unpaired) electrons. The van der Waals surface area contributed by atoms with Crippen molar-refractivity contribution in [1.82, 2.24) is 0 Å². The van der Waals surface area contributed by atoms with E-state index in [4.69, 9.17) is 18.9 Å². The lowest BCUT2D eigenvalue weighted by molar-refractivity contribution is -0.287. The smallest absolute Gasteiger partial charge is 0.303 e. The maximum Gasteiger partial charge on any atom is 0.303 e. The van der Waals surface area contributed by atoms with Gasteiger partial charge in [0.05, 0.1) is 12.7 Å². The Hall–Kier alpha value is -1.18. The Labute approximate surface area is 111 Å². The number of carbonyl (C=O) groups excluding carboxylic acids is 2. The summed E-state index contributed by atoms with van der Waals surface area (Å²) in [6.45, 7) is 4.02. The van der Waals surface area contributed by atoms with Crippen molar-refractivity contribution >= 4 is 11.9 Å². The molecule has 0 bridgehead atoms. The van der Waals surface area contributed by atoms with Crippen molar-refractivity contribution in [2.45, 2.75) is 45.4 Å². The highest BCUT2D eigenvalue weighted by molar-refractivity contribution is 5.67. The topological polar surface area (TPSA) is 91.3 Å². The van der Waals surface area contributed by atoms with E-state index in [1.165, 1.54) is 21.0 Å². The fourth-order valence-electron chi connectivity index (χ4n) is 2.12. The van der Waals surface area contributed by atoms with Crippen molar-refractivity contribution in [3.05, 3.63) is 0 Å². The number of hydrogen-bond donors (Lipinski definition) is 1. The van der Waals surface area contributed by atoms with Crippen LogP contribution in [-0.4, -0.2) is 55.4 Å².